The first kappa shape index (κ1) is 24.3. The highest BCUT2D eigenvalue weighted by atomic mass is 32.1. The number of thiocarbonyl (C=S) groups is 1. The number of carbonyl (C=O) groups is 3. The molecule has 1 aromatic heterocycles. The number of amides is 1. The van der Waals surface area contributed by atoms with Gasteiger partial charge in [0.2, 0.25) is 0 Å². The van der Waals surface area contributed by atoms with E-state index in [4.69, 9.17) is 21.7 Å². The maximum atomic E-state index is 12.9. The van der Waals surface area contributed by atoms with Gasteiger partial charge in [-0.25, -0.2) is 9.59 Å². The van der Waals surface area contributed by atoms with Crippen molar-refractivity contribution in [2.75, 3.05) is 37.9 Å². The Labute approximate surface area is 190 Å². The SMILES string of the molecule is CCN(CC)C(=O)c1sc(NC(=S)Nc2cccc(C(=O)OC)c2)c(C(=O)OC)c1C. The summed E-state index contributed by atoms with van der Waals surface area (Å²) in [6, 6.07) is 6.64. The summed E-state index contributed by atoms with van der Waals surface area (Å²) in [6.45, 7) is 6.61. The molecule has 31 heavy (non-hydrogen) atoms. The Hall–Kier alpha value is -2.98. The van der Waals surface area contributed by atoms with Crippen LogP contribution in [0.15, 0.2) is 24.3 Å². The lowest BCUT2D eigenvalue weighted by Crippen LogP contribution is -2.30. The molecular formula is C21H25N3O5S2. The average molecular weight is 464 g/mol. The Kier molecular flexibility index (Phi) is 8.52. The zero-order chi connectivity index (χ0) is 23.1. The number of carbonyl (C=O) groups excluding carboxylic acids is 3. The summed E-state index contributed by atoms with van der Waals surface area (Å²) in [5.74, 6) is -1.19. The van der Waals surface area contributed by atoms with Gasteiger partial charge in [0.15, 0.2) is 5.11 Å². The highest BCUT2D eigenvalue weighted by Gasteiger charge is 2.27. The van der Waals surface area contributed by atoms with Crippen molar-refractivity contribution in [3.8, 4) is 0 Å². The fourth-order valence-corrected chi connectivity index (χ4v) is 4.37. The van der Waals surface area contributed by atoms with Gasteiger partial charge in [0.25, 0.3) is 5.91 Å². The maximum absolute atomic E-state index is 12.9. The van der Waals surface area contributed by atoms with E-state index in [1.54, 1.807) is 36.1 Å². The van der Waals surface area contributed by atoms with Gasteiger partial charge in [-0.15, -0.1) is 11.3 Å². The van der Waals surface area contributed by atoms with Crippen LogP contribution in [0.4, 0.5) is 10.7 Å². The molecular weight excluding hydrogens is 438 g/mol. The van der Waals surface area contributed by atoms with Gasteiger partial charge in [0.1, 0.15) is 5.00 Å². The molecule has 1 aromatic carbocycles. The first-order valence-corrected chi connectivity index (χ1v) is 10.8. The van der Waals surface area contributed by atoms with E-state index >= 15 is 0 Å². The quantitative estimate of drug-likeness (QED) is 0.471. The zero-order valence-corrected chi connectivity index (χ0v) is 19.7. The first-order valence-electron chi connectivity index (χ1n) is 9.54. The van der Waals surface area contributed by atoms with E-state index in [2.05, 4.69) is 10.6 Å². The summed E-state index contributed by atoms with van der Waals surface area (Å²) < 4.78 is 9.63. The highest BCUT2D eigenvalue weighted by molar-refractivity contribution is 7.80. The predicted octanol–water partition coefficient (Wildman–Crippen LogP) is 3.92. The molecule has 0 aliphatic carbocycles. The van der Waals surface area contributed by atoms with E-state index < -0.39 is 11.9 Å². The minimum atomic E-state index is -0.565. The normalized spacial score (nSPS) is 10.2. The van der Waals surface area contributed by atoms with E-state index in [0.717, 1.165) is 11.3 Å². The van der Waals surface area contributed by atoms with Crippen molar-refractivity contribution in [3.63, 3.8) is 0 Å². The summed E-state index contributed by atoms with van der Waals surface area (Å²) in [5.41, 5.74) is 1.72. The van der Waals surface area contributed by atoms with Gasteiger partial charge in [0.05, 0.1) is 30.2 Å². The number of ether oxygens (including phenoxy) is 2. The Bertz CT molecular complexity index is 999. The lowest BCUT2D eigenvalue weighted by Gasteiger charge is -2.17. The minimum absolute atomic E-state index is 0.157. The van der Waals surface area contributed by atoms with Gasteiger partial charge in [-0.2, -0.15) is 0 Å². The molecule has 0 saturated carbocycles. The molecule has 1 amide bonds. The molecule has 2 rings (SSSR count). The molecule has 0 radical (unpaired) electrons. The molecule has 0 bridgehead atoms. The van der Waals surface area contributed by atoms with Gasteiger partial charge >= 0.3 is 11.9 Å². The zero-order valence-electron chi connectivity index (χ0n) is 18.0. The lowest BCUT2D eigenvalue weighted by molar-refractivity contribution is 0.0592. The maximum Gasteiger partial charge on any atom is 0.341 e. The van der Waals surface area contributed by atoms with Crippen LogP contribution < -0.4 is 10.6 Å². The topological polar surface area (TPSA) is 97.0 Å². The number of rotatable bonds is 7. The average Bonchev–Trinajstić information content (AvgIpc) is 3.08. The number of anilines is 2. The van der Waals surface area contributed by atoms with E-state index in [1.165, 1.54) is 14.2 Å². The molecule has 0 atom stereocenters. The molecule has 0 saturated heterocycles. The molecule has 8 nitrogen and oxygen atoms in total. The number of hydrogen-bond donors (Lipinski definition) is 2. The first-order chi connectivity index (χ1) is 14.8. The third kappa shape index (κ3) is 5.59. The van der Waals surface area contributed by atoms with Gasteiger partial charge in [-0.1, -0.05) is 6.07 Å². The Morgan fingerprint density at radius 1 is 1.06 bits per heavy atom. The van der Waals surface area contributed by atoms with Crippen molar-refractivity contribution < 1.29 is 23.9 Å². The molecule has 10 heteroatoms. The van der Waals surface area contributed by atoms with Crippen molar-refractivity contribution >= 4 is 57.2 Å². The largest absolute Gasteiger partial charge is 0.465 e. The fraction of sp³-hybridized carbons (Fsp3) is 0.333. The Morgan fingerprint density at radius 2 is 1.71 bits per heavy atom. The standard InChI is InChI=1S/C21H25N3O5S2/c1-6-24(7-2)18(25)16-12(3)15(20(27)29-5)17(31-16)23-21(30)22-14-10-8-9-13(11-14)19(26)28-4/h8-11H,6-7H2,1-5H3,(H2,22,23,30). The van der Waals surface area contributed by atoms with Crippen LogP contribution in [0.2, 0.25) is 0 Å². The van der Waals surface area contributed by atoms with Gasteiger partial charge in [-0.05, 0) is 56.8 Å². The van der Waals surface area contributed by atoms with E-state index in [1.807, 2.05) is 13.8 Å². The van der Waals surface area contributed by atoms with Crippen molar-refractivity contribution in [1.29, 1.82) is 0 Å². The fourth-order valence-electron chi connectivity index (χ4n) is 2.92. The summed E-state index contributed by atoms with van der Waals surface area (Å²) in [4.78, 5) is 39.1. The Morgan fingerprint density at radius 3 is 2.29 bits per heavy atom. The van der Waals surface area contributed by atoms with Gasteiger partial charge in [-0.3, -0.25) is 4.79 Å². The smallest absolute Gasteiger partial charge is 0.341 e. The summed E-state index contributed by atoms with van der Waals surface area (Å²) in [6.07, 6.45) is 0. The van der Waals surface area contributed by atoms with Crippen LogP contribution >= 0.6 is 23.6 Å². The number of nitrogens with one attached hydrogen (secondary N) is 2. The molecule has 166 valence electrons. The summed E-state index contributed by atoms with van der Waals surface area (Å²) in [5, 5.41) is 6.54. The second-order valence-corrected chi connectivity index (χ2v) is 7.81. The monoisotopic (exact) mass is 463 g/mol. The number of nitrogens with zero attached hydrogens (tertiary/aromatic N) is 1. The van der Waals surface area contributed by atoms with Crippen LogP contribution in [0.3, 0.4) is 0 Å². The van der Waals surface area contributed by atoms with Crippen LogP contribution in [0.25, 0.3) is 0 Å². The van der Waals surface area contributed by atoms with Crippen molar-refractivity contribution in [2.45, 2.75) is 20.8 Å². The van der Waals surface area contributed by atoms with Crippen LogP contribution in [0.1, 0.15) is 49.8 Å². The summed E-state index contributed by atoms with van der Waals surface area (Å²) in [7, 11) is 2.59. The van der Waals surface area contributed by atoms with E-state index in [-0.39, 0.29) is 16.6 Å². The predicted molar refractivity (Wildman–Crippen MR) is 125 cm³/mol. The van der Waals surface area contributed by atoms with Crippen LogP contribution in [0.5, 0.6) is 0 Å². The third-order valence-corrected chi connectivity index (χ3v) is 5.95. The molecule has 0 fully saturated rings. The molecule has 2 N–H and O–H groups in total. The molecule has 0 unspecified atom stereocenters. The van der Waals surface area contributed by atoms with Gasteiger partial charge < -0.3 is 25.0 Å². The molecule has 2 aromatic rings. The number of methoxy groups -OCH3 is 2. The van der Waals surface area contributed by atoms with Crippen molar-refractivity contribution in [3.05, 3.63) is 45.8 Å². The van der Waals surface area contributed by atoms with Crippen LogP contribution in [0, 0.1) is 6.92 Å². The molecule has 1 heterocycles. The number of esters is 2. The second-order valence-electron chi connectivity index (χ2n) is 6.38. The number of benzene rings is 1. The lowest BCUT2D eigenvalue weighted by atomic mass is 10.1. The minimum Gasteiger partial charge on any atom is -0.465 e. The third-order valence-electron chi connectivity index (χ3n) is 4.55. The molecule has 0 aliphatic rings. The molecule has 0 aliphatic heterocycles. The van der Waals surface area contributed by atoms with Crippen molar-refractivity contribution in [1.82, 2.24) is 4.90 Å². The highest BCUT2D eigenvalue weighted by Crippen LogP contribution is 2.34. The number of thiophene rings is 1. The molecule has 0 spiro atoms. The van der Waals surface area contributed by atoms with Gasteiger partial charge in [0, 0.05) is 18.8 Å². The second kappa shape index (κ2) is 10.9. The van der Waals surface area contributed by atoms with E-state index in [9.17, 15) is 14.4 Å². The summed E-state index contributed by atoms with van der Waals surface area (Å²) >= 11 is 6.52. The van der Waals surface area contributed by atoms with Crippen LogP contribution in [-0.4, -0.2) is 55.2 Å². The Balaban J connectivity index is 2.32. The number of hydrogen-bond acceptors (Lipinski definition) is 7. The van der Waals surface area contributed by atoms with Crippen LogP contribution in [-0.2, 0) is 9.47 Å². The van der Waals surface area contributed by atoms with E-state index in [0.29, 0.717) is 39.8 Å². The van der Waals surface area contributed by atoms with Crippen molar-refractivity contribution in [2.24, 2.45) is 0 Å².